The van der Waals surface area contributed by atoms with Crippen LogP contribution in [0.1, 0.15) is 40.4 Å². The van der Waals surface area contributed by atoms with Crippen LogP contribution in [0.15, 0.2) is 53.3 Å². The number of rotatable bonds is 5. The zero-order valence-corrected chi connectivity index (χ0v) is 15.1. The van der Waals surface area contributed by atoms with Gasteiger partial charge in [-0.15, -0.1) is 5.10 Å². The van der Waals surface area contributed by atoms with Crippen LogP contribution in [0.3, 0.4) is 0 Å². The van der Waals surface area contributed by atoms with Gasteiger partial charge in [-0.05, 0) is 26.0 Å². The van der Waals surface area contributed by atoms with Gasteiger partial charge in [0.05, 0.1) is 22.9 Å². The summed E-state index contributed by atoms with van der Waals surface area (Å²) in [4.78, 5) is 26.7. The Kier molecular flexibility index (Phi) is 3.99. The molecule has 0 aliphatic heterocycles. The fourth-order valence-corrected chi connectivity index (χ4v) is 2.86. The van der Waals surface area contributed by atoms with E-state index in [-0.39, 0.29) is 16.8 Å². The van der Waals surface area contributed by atoms with Gasteiger partial charge in [-0.3, -0.25) is 4.79 Å². The van der Waals surface area contributed by atoms with E-state index in [0.29, 0.717) is 11.3 Å². The highest BCUT2D eigenvalue weighted by molar-refractivity contribution is 6.04. The normalized spacial score (nSPS) is 11.6. The Hall–Kier alpha value is -3.88. The number of carbonyl (C=O) groups is 2. The Labute approximate surface area is 159 Å². The lowest BCUT2D eigenvalue weighted by Gasteiger charge is -2.23. The third-order valence-corrected chi connectivity index (χ3v) is 4.41. The van der Waals surface area contributed by atoms with Gasteiger partial charge in [0.25, 0.3) is 5.91 Å². The number of hydrogen-bond acceptors (Lipinski definition) is 5. The number of amides is 1. The second-order valence-corrected chi connectivity index (χ2v) is 6.84. The Morgan fingerprint density at radius 3 is 2.71 bits per heavy atom. The van der Waals surface area contributed by atoms with Crippen molar-refractivity contribution in [1.29, 1.82) is 0 Å². The van der Waals surface area contributed by atoms with Crippen molar-refractivity contribution in [2.24, 2.45) is 0 Å². The summed E-state index contributed by atoms with van der Waals surface area (Å²) in [6.45, 7) is 3.61. The molecule has 0 bridgehead atoms. The molecular formula is C19H17N5O4. The molecule has 142 valence electrons. The van der Waals surface area contributed by atoms with Crippen molar-refractivity contribution >= 4 is 23.0 Å². The van der Waals surface area contributed by atoms with E-state index in [9.17, 15) is 9.59 Å². The van der Waals surface area contributed by atoms with E-state index in [4.69, 9.17) is 9.52 Å². The summed E-state index contributed by atoms with van der Waals surface area (Å²) in [5, 5.41) is 20.3. The molecule has 1 aromatic carbocycles. The van der Waals surface area contributed by atoms with E-state index in [1.54, 1.807) is 24.7 Å². The van der Waals surface area contributed by atoms with Gasteiger partial charge in [0.1, 0.15) is 23.2 Å². The summed E-state index contributed by atoms with van der Waals surface area (Å²) in [7, 11) is 0. The highest BCUT2D eigenvalue weighted by Gasteiger charge is 2.28. The van der Waals surface area contributed by atoms with Gasteiger partial charge in [-0.2, -0.15) is 0 Å². The highest BCUT2D eigenvalue weighted by Crippen LogP contribution is 2.23. The summed E-state index contributed by atoms with van der Waals surface area (Å²) in [6, 6.07) is 11.0. The SMILES string of the molecule is CC(C)(NC(=O)c1cc2occ(C(=O)O)c2[nH]1)c1cn(-c2ccccc2)nn1. The van der Waals surface area contributed by atoms with Crippen molar-refractivity contribution in [1.82, 2.24) is 25.3 Å². The van der Waals surface area contributed by atoms with Crippen LogP contribution in [0.2, 0.25) is 0 Å². The first kappa shape index (κ1) is 17.5. The minimum Gasteiger partial charge on any atom is -0.477 e. The van der Waals surface area contributed by atoms with Crippen LogP contribution in [0, 0.1) is 0 Å². The molecule has 9 heteroatoms. The second-order valence-electron chi connectivity index (χ2n) is 6.84. The molecule has 4 rings (SSSR count). The molecule has 0 radical (unpaired) electrons. The zero-order valence-electron chi connectivity index (χ0n) is 15.1. The highest BCUT2D eigenvalue weighted by atomic mass is 16.4. The number of nitrogens with one attached hydrogen (secondary N) is 2. The van der Waals surface area contributed by atoms with E-state index in [2.05, 4.69) is 20.6 Å². The lowest BCUT2D eigenvalue weighted by atomic mass is 10.0. The molecule has 0 unspecified atom stereocenters. The number of nitrogens with zero attached hydrogens (tertiary/aromatic N) is 3. The number of aromatic carboxylic acids is 1. The van der Waals surface area contributed by atoms with Gasteiger partial charge in [-0.1, -0.05) is 23.4 Å². The summed E-state index contributed by atoms with van der Waals surface area (Å²) >= 11 is 0. The molecule has 0 spiro atoms. The first-order valence-corrected chi connectivity index (χ1v) is 8.49. The lowest BCUT2D eigenvalue weighted by molar-refractivity contribution is 0.0697. The second kappa shape index (κ2) is 6.38. The number of furan rings is 1. The van der Waals surface area contributed by atoms with Crippen molar-refractivity contribution in [3.63, 3.8) is 0 Å². The monoisotopic (exact) mass is 379 g/mol. The van der Waals surface area contributed by atoms with Crippen LogP contribution in [0.5, 0.6) is 0 Å². The molecule has 0 atom stereocenters. The number of para-hydroxylation sites is 1. The average Bonchev–Trinajstić information content (AvgIpc) is 3.37. The number of fused-ring (bicyclic) bond motifs is 1. The van der Waals surface area contributed by atoms with Crippen molar-refractivity contribution in [2.75, 3.05) is 0 Å². The Morgan fingerprint density at radius 1 is 1.25 bits per heavy atom. The molecule has 28 heavy (non-hydrogen) atoms. The maximum absolute atomic E-state index is 12.7. The number of benzene rings is 1. The number of aromatic nitrogens is 4. The van der Waals surface area contributed by atoms with Crippen molar-refractivity contribution in [3.05, 3.63) is 65.8 Å². The molecule has 1 amide bonds. The van der Waals surface area contributed by atoms with E-state index in [1.165, 1.54) is 6.07 Å². The number of carboxylic acid groups (broad SMARTS) is 1. The summed E-state index contributed by atoms with van der Waals surface area (Å²) in [5.74, 6) is -1.55. The largest absolute Gasteiger partial charge is 0.477 e. The van der Waals surface area contributed by atoms with Gasteiger partial charge in [0.2, 0.25) is 0 Å². The average molecular weight is 379 g/mol. The maximum atomic E-state index is 12.7. The third kappa shape index (κ3) is 3.02. The van der Waals surface area contributed by atoms with Crippen LogP contribution in [-0.4, -0.2) is 37.0 Å². The first-order valence-electron chi connectivity index (χ1n) is 8.49. The van der Waals surface area contributed by atoms with Crippen LogP contribution < -0.4 is 5.32 Å². The van der Waals surface area contributed by atoms with E-state index in [0.717, 1.165) is 12.0 Å². The van der Waals surface area contributed by atoms with Crippen molar-refractivity contribution in [3.8, 4) is 5.69 Å². The molecule has 3 heterocycles. The number of carbonyl (C=O) groups excluding carboxylic acids is 1. The van der Waals surface area contributed by atoms with E-state index in [1.807, 2.05) is 30.3 Å². The summed E-state index contributed by atoms with van der Waals surface area (Å²) in [6.07, 6.45) is 2.88. The Morgan fingerprint density at radius 2 is 2.00 bits per heavy atom. The van der Waals surface area contributed by atoms with Crippen molar-refractivity contribution < 1.29 is 19.1 Å². The van der Waals surface area contributed by atoms with Crippen LogP contribution in [-0.2, 0) is 5.54 Å². The minimum absolute atomic E-state index is 0.0286. The molecule has 0 aliphatic rings. The number of H-pyrrole nitrogens is 1. The van der Waals surface area contributed by atoms with Crippen LogP contribution in [0.4, 0.5) is 0 Å². The fraction of sp³-hybridized carbons (Fsp3) is 0.158. The number of carboxylic acids is 1. The minimum atomic E-state index is -1.13. The molecular weight excluding hydrogens is 362 g/mol. The standard InChI is InChI=1S/C19H17N5O4/c1-19(2,15-9-24(23-22-15)11-6-4-3-5-7-11)21-17(25)13-8-14-16(20-13)12(10-28-14)18(26)27/h3-10,20H,1-2H3,(H,21,25)(H,26,27). The molecule has 3 N–H and O–H groups in total. The van der Waals surface area contributed by atoms with Gasteiger partial charge in [0, 0.05) is 6.07 Å². The smallest absolute Gasteiger partial charge is 0.341 e. The van der Waals surface area contributed by atoms with Crippen molar-refractivity contribution in [2.45, 2.75) is 19.4 Å². The molecule has 0 saturated heterocycles. The number of hydrogen-bond donors (Lipinski definition) is 3. The van der Waals surface area contributed by atoms with Gasteiger partial charge >= 0.3 is 5.97 Å². The molecule has 0 saturated carbocycles. The van der Waals surface area contributed by atoms with Gasteiger partial charge in [-0.25, -0.2) is 9.48 Å². The number of aromatic amines is 1. The Balaban J connectivity index is 1.57. The molecule has 0 aliphatic carbocycles. The predicted octanol–water partition coefficient (Wildman–Crippen LogP) is 2.70. The predicted molar refractivity (Wildman–Crippen MR) is 99.4 cm³/mol. The topological polar surface area (TPSA) is 126 Å². The van der Waals surface area contributed by atoms with Crippen LogP contribution >= 0.6 is 0 Å². The molecule has 3 aromatic heterocycles. The summed E-state index contributed by atoms with van der Waals surface area (Å²) in [5.41, 5.74) is 1.35. The third-order valence-electron chi connectivity index (χ3n) is 4.41. The first-order chi connectivity index (χ1) is 13.3. The van der Waals surface area contributed by atoms with E-state index < -0.39 is 17.4 Å². The zero-order chi connectivity index (χ0) is 19.9. The Bertz CT molecular complexity index is 1170. The van der Waals surface area contributed by atoms with Gasteiger partial charge < -0.3 is 19.8 Å². The maximum Gasteiger partial charge on any atom is 0.341 e. The quantitative estimate of drug-likeness (QED) is 0.489. The molecule has 0 fully saturated rings. The lowest BCUT2D eigenvalue weighted by Crippen LogP contribution is -2.41. The van der Waals surface area contributed by atoms with E-state index >= 15 is 0 Å². The summed E-state index contributed by atoms with van der Waals surface area (Å²) < 4.78 is 6.82. The molecule has 4 aromatic rings. The molecule has 9 nitrogen and oxygen atoms in total. The van der Waals surface area contributed by atoms with Crippen LogP contribution in [0.25, 0.3) is 16.8 Å². The fourth-order valence-electron chi connectivity index (χ4n) is 2.86. The van der Waals surface area contributed by atoms with Gasteiger partial charge in [0.15, 0.2) is 5.58 Å².